The Kier molecular flexibility index (Phi) is 12.7. The van der Waals surface area contributed by atoms with Gasteiger partial charge in [-0.1, -0.05) is 0 Å². The number of nitrogens with zero attached hydrogens (tertiary/aromatic N) is 3. The fourth-order valence-electron chi connectivity index (χ4n) is 8.30. The van der Waals surface area contributed by atoms with Crippen molar-refractivity contribution in [3.05, 3.63) is 95.6 Å². The standard InChI is InChI=1S/C48H53N5O7/c1-30-41-28-49-12-10-37(41)32(3)47-45(30)39-26-35(6-8-43(39)51-47)59-24-22-57-20-18-55-16-14-53(34(5)54)15-17-56-19-21-58-23-25-60-36-7-9-44-40(27-36)46-31(2)42-29-50-13-11-38(42)33(4)48(46)52-44/h6-13,26-29,51-52H,14-25H2,1-5H3. The van der Waals surface area contributed by atoms with E-state index < -0.39 is 0 Å². The Morgan fingerprint density at radius 3 is 1.37 bits per heavy atom. The lowest BCUT2D eigenvalue weighted by molar-refractivity contribution is -0.130. The van der Waals surface area contributed by atoms with Crippen molar-refractivity contribution in [3.8, 4) is 11.5 Å². The molecule has 0 aliphatic heterocycles. The maximum Gasteiger partial charge on any atom is 0.219 e. The van der Waals surface area contributed by atoms with Gasteiger partial charge in [0.05, 0.1) is 63.9 Å². The number of amides is 1. The summed E-state index contributed by atoms with van der Waals surface area (Å²) < 4.78 is 35.1. The zero-order valence-corrected chi connectivity index (χ0v) is 35.1. The molecule has 0 radical (unpaired) electrons. The van der Waals surface area contributed by atoms with Crippen molar-refractivity contribution in [1.29, 1.82) is 0 Å². The Morgan fingerprint density at radius 1 is 0.517 bits per heavy atom. The minimum absolute atomic E-state index is 0.0213. The van der Waals surface area contributed by atoms with Crippen LogP contribution in [0.2, 0.25) is 0 Å². The smallest absolute Gasteiger partial charge is 0.219 e. The van der Waals surface area contributed by atoms with Gasteiger partial charge in [0.25, 0.3) is 0 Å². The Balaban J connectivity index is 0.678. The second kappa shape index (κ2) is 18.6. The van der Waals surface area contributed by atoms with Crippen LogP contribution in [0.5, 0.6) is 11.5 Å². The van der Waals surface area contributed by atoms with Gasteiger partial charge < -0.3 is 43.3 Å². The minimum Gasteiger partial charge on any atom is -0.491 e. The summed E-state index contributed by atoms with van der Waals surface area (Å²) in [7, 11) is 0. The molecule has 0 unspecified atom stereocenters. The quantitative estimate of drug-likeness (QED) is 0.0726. The normalized spacial score (nSPS) is 11.9. The SMILES string of the molecule is CC(=O)N(CCOCCOCCOc1ccc2[nH]c3c(C)c4ccncc4c(C)c3c2c1)CCOCCOCCOc1ccc2[nH]c3c(C)c4ccncc4c(C)c3c2c1. The lowest BCUT2D eigenvalue weighted by Gasteiger charge is -2.21. The highest BCUT2D eigenvalue weighted by atomic mass is 16.5. The number of aromatic amines is 2. The van der Waals surface area contributed by atoms with Crippen LogP contribution in [0.15, 0.2) is 73.3 Å². The average molecular weight is 812 g/mol. The molecule has 0 saturated carbocycles. The number of carbonyl (C=O) groups is 1. The molecule has 8 rings (SSSR count). The molecule has 0 atom stereocenters. The van der Waals surface area contributed by atoms with E-state index >= 15 is 0 Å². The van der Waals surface area contributed by atoms with Crippen molar-refractivity contribution in [2.24, 2.45) is 0 Å². The summed E-state index contributed by atoms with van der Waals surface area (Å²) in [5, 5.41) is 9.44. The van der Waals surface area contributed by atoms with Crippen LogP contribution in [0.4, 0.5) is 0 Å². The van der Waals surface area contributed by atoms with Crippen LogP contribution in [0, 0.1) is 27.7 Å². The number of pyridine rings is 2. The molecule has 4 aromatic heterocycles. The first kappa shape index (κ1) is 41.0. The number of ether oxygens (including phenoxy) is 6. The predicted octanol–water partition coefficient (Wildman–Crippen LogP) is 8.66. The molecule has 4 heterocycles. The van der Waals surface area contributed by atoms with E-state index in [2.05, 4.69) is 84.0 Å². The number of carbonyl (C=O) groups excluding carboxylic acids is 1. The number of benzene rings is 4. The fourth-order valence-corrected chi connectivity index (χ4v) is 8.30. The molecule has 1 amide bonds. The van der Waals surface area contributed by atoms with E-state index in [1.54, 1.807) is 11.8 Å². The zero-order chi connectivity index (χ0) is 41.6. The molecule has 0 spiro atoms. The van der Waals surface area contributed by atoms with Gasteiger partial charge in [0.15, 0.2) is 0 Å². The van der Waals surface area contributed by atoms with Gasteiger partial charge in [0.2, 0.25) is 5.91 Å². The fraction of sp³-hybridized carbons (Fsp3) is 0.354. The van der Waals surface area contributed by atoms with E-state index in [0.717, 1.165) is 44.3 Å². The topological polar surface area (TPSA) is 133 Å². The van der Waals surface area contributed by atoms with Gasteiger partial charge >= 0.3 is 0 Å². The molecule has 60 heavy (non-hydrogen) atoms. The third kappa shape index (κ3) is 8.60. The first-order valence-electron chi connectivity index (χ1n) is 20.7. The Labute approximate surface area is 349 Å². The first-order valence-corrected chi connectivity index (χ1v) is 20.7. The van der Waals surface area contributed by atoms with Crippen LogP contribution < -0.4 is 9.47 Å². The average Bonchev–Trinajstić information content (AvgIpc) is 3.85. The Bertz CT molecular complexity index is 2610. The predicted molar refractivity (Wildman–Crippen MR) is 238 cm³/mol. The summed E-state index contributed by atoms with van der Waals surface area (Å²) in [5.41, 5.74) is 9.31. The number of aromatic nitrogens is 4. The van der Waals surface area contributed by atoms with E-state index in [9.17, 15) is 4.79 Å². The number of fused-ring (bicyclic) bond motifs is 8. The Hall–Kier alpha value is -5.79. The molecular weight excluding hydrogens is 759 g/mol. The largest absolute Gasteiger partial charge is 0.491 e. The molecule has 0 saturated heterocycles. The van der Waals surface area contributed by atoms with Gasteiger partial charge in [-0.05, 0) is 109 Å². The second-order valence-electron chi connectivity index (χ2n) is 15.2. The zero-order valence-electron chi connectivity index (χ0n) is 35.1. The third-order valence-corrected chi connectivity index (χ3v) is 11.5. The van der Waals surface area contributed by atoms with E-state index in [-0.39, 0.29) is 5.91 Å². The summed E-state index contributed by atoms with van der Waals surface area (Å²) in [4.78, 5) is 29.8. The lowest BCUT2D eigenvalue weighted by atomic mass is 9.97. The number of nitrogens with one attached hydrogen (secondary N) is 2. The van der Waals surface area contributed by atoms with Crippen molar-refractivity contribution in [1.82, 2.24) is 24.8 Å². The monoisotopic (exact) mass is 811 g/mol. The van der Waals surface area contributed by atoms with E-state index in [4.69, 9.17) is 28.4 Å². The first-order chi connectivity index (χ1) is 29.3. The van der Waals surface area contributed by atoms with E-state index in [0.29, 0.717) is 79.2 Å². The van der Waals surface area contributed by atoms with Crippen molar-refractivity contribution in [3.63, 3.8) is 0 Å². The molecule has 0 bridgehead atoms. The van der Waals surface area contributed by atoms with E-state index in [1.165, 1.54) is 54.6 Å². The summed E-state index contributed by atoms with van der Waals surface area (Å²) in [6.45, 7) is 15.4. The number of rotatable bonds is 20. The molecule has 12 nitrogen and oxygen atoms in total. The van der Waals surface area contributed by atoms with Gasteiger partial charge in [-0.3, -0.25) is 14.8 Å². The maximum absolute atomic E-state index is 12.2. The van der Waals surface area contributed by atoms with Gasteiger partial charge in [-0.2, -0.15) is 0 Å². The van der Waals surface area contributed by atoms with Gasteiger partial charge in [0, 0.05) is 88.2 Å². The highest BCUT2D eigenvalue weighted by molar-refractivity contribution is 6.17. The molecule has 0 aliphatic carbocycles. The molecule has 0 fully saturated rings. The van der Waals surface area contributed by atoms with Gasteiger partial charge in [-0.15, -0.1) is 0 Å². The van der Waals surface area contributed by atoms with Crippen molar-refractivity contribution in [2.75, 3.05) is 79.2 Å². The summed E-state index contributed by atoms with van der Waals surface area (Å²) in [6.07, 6.45) is 7.57. The summed E-state index contributed by atoms with van der Waals surface area (Å²) >= 11 is 0. The molecule has 4 aromatic carbocycles. The lowest BCUT2D eigenvalue weighted by Crippen LogP contribution is -2.35. The number of H-pyrrole nitrogens is 2. The third-order valence-electron chi connectivity index (χ3n) is 11.5. The molecule has 312 valence electrons. The van der Waals surface area contributed by atoms with Crippen molar-refractivity contribution >= 4 is 71.1 Å². The highest BCUT2D eigenvalue weighted by Crippen LogP contribution is 2.39. The molecule has 0 aliphatic rings. The highest BCUT2D eigenvalue weighted by Gasteiger charge is 2.16. The summed E-state index contributed by atoms with van der Waals surface area (Å²) in [5.74, 6) is 1.57. The molecule has 8 aromatic rings. The second-order valence-corrected chi connectivity index (χ2v) is 15.2. The van der Waals surface area contributed by atoms with E-state index in [1.807, 2.05) is 36.9 Å². The van der Waals surface area contributed by atoms with Crippen molar-refractivity contribution < 1.29 is 33.2 Å². The van der Waals surface area contributed by atoms with Gasteiger partial charge in [-0.25, -0.2) is 0 Å². The van der Waals surface area contributed by atoms with Crippen LogP contribution in [-0.2, 0) is 23.7 Å². The van der Waals surface area contributed by atoms with Crippen molar-refractivity contribution in [2.45, 2.75) is 34.6 Å². The number of hydrogen-bond acceptors (Lipinski definition) is 9. The van der Waals surface area contributed by atoms with Crippen LogP contribution in [0.3, 0.4) is 0 Å². The van der Waals surface area contributed by atoms with Crippen LogP contribution in [0.25, 0.3) is 65.2 Å². The minimum atomic E-state index is -0.0213. The molecule has 2 N–H and O–H groups in total. The number of hydrogen-bond donors (Lipinski definition) is 2. The van der Waals surface area contributed by atoms with Crippen LogP contribution in [-0.4, -0.2) is 110 Å². The molecular formula is C48H53N5O7. The van der Waals surface area contributed by atoms with Crippen LogP contribution in [0.1, 0.15) is 29.2 Å². The maximum atomic E-state index is 12.2. The van der Waals surface area contributed by atoms with Gasteiger partial charge in [0.1, 0.15) is 24.7 Å². The summed E-state index contributed by atoms with van der Waals surface area (Å²) in [6, 6.07) is 16.4. The van der Waals surface area contributed by atoms with Crippen LogP contribution >= 0.6 is 0 Å². The molecule has 12 heteroatoms. The number of aryl methyl sites for hydroxylation is 4. The Morgan fingerprint density at radius 2 is 0.933 bits per heavy atom.